The molecule has 8 N–H and O–H groups in total. The van der Waals surface area contributed by atoms with Gasteiger partial charge < -0.3 is 15.2 Å². The molecule has 1 aliphatic rings. The van der Waals surface area contributed by atoms with Crippen molar-refractivity contribution in [2.45, 2.75) is 32.1 Å². The van der Waals surface area contributed by atoms with Gasteiger partial charge in [0.05, 0.1) is 30.0 Å². The molecule has 3 aromatic rings. The third kappa shape index (κ3) is 5.96. The molecule has 3 heterocycles. The number of quaternary nitrogens is 1. The summed E-state index contributed by atoms with van der Waals surface area (Å²) in [6.45, 7) is 1.18. The van der Waals surface area contributed by atoms with Gasteiger partial charge in [0.15, 0.2) is 18.3 Å². The van der Waals surface area contributed by atoms with Crippen molar-refractivity contribution in [3.05, 3.63) is 78.6 Å². The fraction of sp³-hybridized carbons (Fsp3) is 0.240. The van der Waals surface area contributed by atoms with Crippen molar-refractivity contribution in [3.8, 4) is 0 Å². The molecule has 0 bridgehead atoms. The van der Waals surface area contributed by atoms with Gasteiger partial charge in [-0.1, -0.05) is 12.1 Å². The number of anilines is 2. The highest BCUT2D eigenvalue weighted by molar-refractivity contribution is 6.05. The lowest BCUT2D eigenvalue weighted by molar-refractivity contribution is -0.514. The molecule has 1 atom stereocenters. The van der Waals surface area contributed by atoms with E-state index in [1.807, 2.05) is 41.8 Å². The molecule has 9 heteroatoms. The number of pyridine rings is 2. The summed E-state index contributed by atoms with van der Waals surface area (Å²) in [4.78, 5) is 9.02. The van der Waals surface area contributed by atoms with Gasteiger partial charge in [-0.3, -0.25) is 20.7 Å². The molecule has 4 rings (SSSR count). The Kier molecular flexibility index (Phi) is 7.82. The number of hydrogen-bond acceptors (Lipinski definition) is 7. The molecule has 1 fully saturated rings. The van der Waals surface area contributed by atoms with Gasteiger partial charge in [0.1, 0.15) is 24.2 Å². The number of nitrogens with zero attached hydrogens (tertiary/aromatic N) is 3. The summed E-state index contributed by atoms with van der Waals surface area (Å²) in [7, 11) is 0. The highest BCUT2D eigenvalue weighted by Crippen LogP contribution is 2.23. The summed E-state index contributed by atoms with van der Waals surface area (Å²) in [5, 5.41) is 10.3. The summed E-state index contributed by atoms with van der Waals surface area (Å²) in [5.41, 5.74) is 10.0. The van der Waals surface area contributed by atoms with Crippen LogP contribution in [0.15, 0.2) is 67.3 Å². The highest BCUT2D eigenvalue weighted by Gasteiger charge is 2.14. The summed E-state index contributed by atoms with van der Waals surface area (Å²) < 4.78 is 11.1. The predicted octanol–water partition coefficient (Wildman–Crippen LogP) is 0.841. The topological polar surface area (TPSA) is 142 Å². The molecule has 176 valence electrons. The number of rotatable bonds is 9. The molecular weight excluding hydrogens is 430 g/mol. The largest absolute Gasteiger partial charge is 0.467 e. The molecule has 1 aromatic carbocycles. The molecule has 0 spiro atoms. The second-order valence-electron chi connectivity index (χ2n) is 8.01. The lowest BCUT2D eigenvalue weighted by atomic mass is 10.1. The first-order valence-corrected chi connectivity index (χ1v) is 11.3. The van der Waals surface area contributed by atoms with Crippen LogP contribution in [-0.2, 0) is 16.0 Å². The number of hydrogen-bond donors (Lipinski definition) is 4. The average Bonchev–Trinajstić information content (AvgIpc) is 2.87. The Hall–Kier alpha value is -3.79. The maximum absolute atomic E-state index is 6.36. The van der Waals surface area contributed by atoms with Gasteiger partial charge in [0.25, 0.3) is 0 Å². The summed E-state index contributed by atoms with van der Waals surface area (Å²) in [5.74, 6) is 6.84. The van der Waals surface area contributed by atoms with Crippen LogP contribution >= 0.6 is 0 Å². The molecule has 0 aliphatic carbocycles. The normalized spacial score (nSPS) is 16.6. The first kappa shape index (κ1) is 23.4. The van der Waals surface area contributed by atoms with Crippen molar-refractivity contribution in [2.24, 2.45) is 5.84 Å². The number of hydrazine groups is 1. The van der Waals surface area contributed by atoms with Gasteiger partial charge in [-0.05, 0) is 48.7 Å². The van der Waals surface area contributed by atoms with E-state index in [2.05, 4.69) is 16.0 Å². The van der Waals surface area contributed by atoms with E-state index in [4.69, 9.17) is 26.5 Å². The molecule has 0 radical (unpaired) electrons. The molecule has 1 saturated heterocycles. The summed E-state index contributed by atoms with van der Waals surface area (Å²) >= 11 is 0. The van der Waals surface area contributed by atoms with Crippen molar-refractivity contribution in [1.82, 2.24) is 9.97 Å². The SMILES string of the molecule is Nc1ccc(C(C=[NH2+])=C[NH2+]C=COC2CCCCO2)nc1N(N)Cc1ccc2ncccc2c1. The van der Waals surface area contributed by atoms with Crippen LogP contribution in [0.2, 0.25) is 0 Å². The van der Waals surface area contributed by atoms with E-state index in [0.717, 1.165) is 47.9 Å². The van der Waals surface area contributed by atoms with E-state index in [1.165, 1.54) is 11.2 Å². The molecule has 1 aliphatic heterocycles. The number of benzene rings is 1. The first-order valence-electron chi connectivity index (χ1n) is 11.3. The zero-order chi connectivity index (χ0) is 23.8. The monoisotopic (exact) mass is 461 g/mol. The second-order valence-corrected chi connectivity index (χ2v) is 8.01. The van der Waals surface area contributed by atoms with E-state index in [0.29, 0.717) is 23.7 Å². The van der Waals surface area contributed by atoms with Gasteiger partial charge in [-0.15, -0.1) is 0 Å². The molecule has 0 amide bonds. The molecule has 1 unspecified atom stereocenters. The molecule has 2 aromatic heterocycles. The Bertz CT molecular complexity index is 1190. The first-order chi connectivity index (χ1) is 16.6. The van der Waals surface area contributed by atoms with Crippen LogP contribution in [0.25, 0.3) is 16.5 Å². The van der Waals surface area contributed by atoms with Gasteiger partial charge >= 0.3 is 0 Å². The Morgan fingerprint density at radius 2 is 2.18 bits per heavy atom. The lowest BCUT2D eigenvalue weighted by Gasteiger charge is -2.21. The van der Waals surface area contributed by atoms with Crippen LogP contribution in [-0.4, -0.2) is 29.1 Å². The Labute approximate surface area is 198 Å². The number of nitrogens with two attached hydrogens (primary N) is 4. The van der Waals surface area contributed by atoms with Crippen molar-refractivity contribution in [2.75, 3.05) is 17.3 Å². The Balaban J connectivity index is 1.43. The minimum absolute atomic E-state index is 0.168. The van der Waals surface area contributed by atoms with Crippen LogP contribution < -0.4 is 27.3 Å². The van der Waals surface area contributed by atoms with Crippen molar-refractivity contribution in [3.63, 3.8) is 0 Å². The van der Waals surface area contributed by atoms with Crippen LogP contribution in [0.5, 0.6) is 0 Å². The van der Waals surface area contributed by atoms with Crippen molar-refractivity contribution < 1.29 is 20.2 Å². The quantitative estimate of drug-likeness (QED) is 0.160. The van der Waals surface area contributed by atoms with Gasteiger partial charge in [0, 0.05) is 18.0 Å². The molecular formula is C25H31N7O2+2. The van der Waals surface area contributed by atoms with E-state index in [1.54, 1.807) is 24.7 Å². The zero-order valence-electron chi connectivity index (χ0n) is 19.0. The zero-order valence-corrected chi connectivity index (χ0v) is 19.0. The van der Waals surface area contributed by atoms with Crippen molar-refractivity contribution >= 4 is 34.2 Å². The predicted molar refractivity (Wildman–Crippen MR) is 132 cm³/mol. The van der Waals surface area contributed by atoms with Gasteiger partial charge in [-0.2, -0.15) is 0 Å². The van der Waals surface area contributed by atoms with Gasteiger partial charge in [-0.25, -0.2) is 10.8 Å². The van der Waals surface area contributed by atoms with Crippen LogP contribution in [0.1, 0.15) is 30.5 Å². The highest BCUT2D eigenvalue weighted by atomic mass is 16.7. The fourth-order valence-corrected chi connectivity index (χ4v) is 3.73. The molecule has 9 nitrogen and oxygen atoms in total. The molecule has 34 heavy (non-hydrogen) atoms. The summed E-state index contributed by atoms with van der Waals surface area (Å²) in [6.07, 6.45) is 11.5. The third-order valence-electron chi connectivity index (χ3n) is 5.51. The number of aromatic nitrogens is 2. The fourth-order valence-electron chi connectivity index (χ4n) is 3.73. The number of nitrogen functional groups attached to an aromatic ring is 1. The average molecular weight is 462 g/mol. The van der Waals surface area contributed by atoms with E-state index < -0.39 is 0 Å². The maximum Gasteiger partial charge on any atom is 0.199 e. The molecule has 0 saturated carbocycles. The number of allylic oxidation sites excluding steroid dienone is 1. The summed E-state index contributed by atoms with van der Waals surface area (Å²) in [6, 6.07) is 13.6. The number of ether oxygens (including phenoxy) is 2. The Morgan fingerprint density at radius 1 is 1.26 bits per heavy atom. The van der Waals surface area contributed by atoms with Crippen LogP contribution in [0.4, 0.5) is 11.5 Å². The minimum Gasteiger partial charge on any atom is -0.467 e. The van der Waals surface area contributed by atoms with E-state index in [-0.39, 0.29) is 6.29 Å². The lowest BCUT2D eigenvalue weighted by Crippen LogP contribution is -2.71. The van der Waals surface area contributed by atoms with Crippen molar-refractivity contribution in [1.29, 1.82) is 0 Å². The number of fused-ring (bicyclic) bond motifs is 1. The second kappa shape index (κ2) is 11.4. The smallest absolute Gasteiger partial charge is 0.199 e. The standard InChI is InChI=1S/C25H29N7O2/c26-15-20(16-29-11-13-34-24-5-1-2-12-33-24)23-9-7-21(27)25(31-23)32(28)17-18-6-8-22-19(14-18)4-3-10-30-22/h3-4,6-11,13-16,24,26,29H,1-2,5,12,17,27-28H2/p+2. The maximum atomic E-state index is 6.36. The Morgan fingerprint density at radius 3 is 3.00 bits per heavy atom. The van der Waals surface area contributed by atoms with E-state index in [9.17, 15) is 0 Å². The van der Waals surface area contributed by atoms with E-state index >= 15 is 0 Å². The van der Waals surface area contributed by atoms with Gasteiger partial charge in [0.2, 0.25) is 0 Å². The third-order valence-corrected chi connectivity index (χ3v) is 5.51. The van der Waals surface area contributed by atoms with Crippen LogP contribution in [0.3, 0.4) is 0 Å². The minimum atomic E-state index is -0.168. The van der Waals surface area contributed by atoms with Crippen LogP contribution in [0, 0.1) is 0 Å².